The molecule has 1 aromatic rings. The van der Waals surface area contributed by atoms with Gasteiger partial charge < -0.3 is 20.1 Å². The van der Waals surface area contributed by atoms with Gasteiger partial charge in [-0.3, -0.25) is 0 Å². The van der Waals surface area contributed by atoms with Gasteiger partial charge in [-0.05, 0) is 37.0 Å². The zero-order valence-corrected chi connectivity index (χ0v) is 14.2. The first-order chi connectivity index (χ1) is 10.4. The van der Waals surface area contributed by atoms with Crippen LogP contribution in [-0.2, 0) is 0 Å². The van der Waals surface area contributed by atoms with Crippen LogP contribution in [0.3, 0.4) is 0 Å². The van der Waals surface area contributed by atoms with Crippen LogP contribution in [0.4, 0.5) is 4.79 Å². The Morgan fingerprint density at radius 2 is 1.86 bits per heavy atom. The molecule has 0 spiro atoms. The van der Waals surface area contributed by atoms with Crippen LogP contribution in [0.25, 0.3) is 0 Å². The number of amides is 2. The van der Waals surface area contributed by atoms with Crippen molar-refractivity contribution in [2.24, 2.45) is 5.92 Å². The van der Waals surface area contributed by atoms with E-state index in [9.17, 15) is 9.90 Å². The average molecular weight is 308 g/mol. The van der Waals surface area contributed by atoms with Crippen LogP contribution in [0.5, 0.6) is 5.75 Å². The molecule has 0 saturated heterocycles. The number of methoxy groups -OCH3 is 1. The first-order valence-electron chi connectivity index (χ1n) is 7.67. The smallest absolute Gasteiger partial charge is 0.317 e. The molecule has 2 unspecified atom stereocenters. The Morgan fingerprint density at radius 1 is 1.27 bits per heavy atom. The molecule has 0 aromatic heterocycles. The Balaban J connectivity index is 2.73. The maximum atomic E-state index is 12.3. The molecule has 0 bridgehead atoms. The molecular formula is C17H28N2O3. The summed E-state index contributed by atoms with van der Waals surface area (Å²) in [6.45, 7) is 6.11. The monoisotopic (exact) mass is 308 g/mol. The lowest BCUT2D eigenvalue weighted by molar-refractivity contribution is 0.147. The van der Waals surface area contributed by atoms with E-state index in [-0.39, 0.29) is 24.7 Å². The molecule has 0 heterocycles. The van der Waals surface area contributed by atoms with Gasteiger partial charge in [0.15, 0.2) is 0 Å². The molecule has 2 amide bonds. The summed E-state index contributed by atoms with van der Waals surface area (Å²) in [5.41, 5.74) is 0.873. The predicted molar refractivity (Wildman–Crippen MR) is 88.0 cm³/mol. The van der Waals surface area contributed by atoms with Gasteiger partial charge >= 0.3 is 6.03 Å². The number of likely N-dealkylation sites (N-methyl/N-ethyl adjacent to an activating group) is 1. The van der Waals surface area contributed by atoms with Crippen molar-refractivity contribution >= 4 is 6.03 Å². The molecule has 5 nitrogen and oxygen atoms in total. The number of rotatable bonds is 7. The van der Waals surface area contributed by atoms with E-state index >= 15 is 0 Å². The second-order valence-corrected chi connectivity index (χ2v) is 6.06. The van der Waals surface area contributed by atoms with E-state index in [1.807, 2.05) is 31.2 Å². The van der Waals surface area contributed by atoms with Gasteiger partial charge in [-0.1, -0.05) is 26.0 Å². The highest BCUT2D eigenvalue weighted by molar-refractivity contribution is 5.74. The Labute approximate surface area is 133 Å². The Kier molecular flexibility index (Phi) is 7.18. The second kappa shape index (κ2) is 8.63. The van der Waals surface area contributed by atoms with Crippen LogP contribution in [0, 0.1) is 5.92 Å². The topological polar surface area (TPSA) is 61.8 Å². The fraction of sp³-hybridized carbons (Fsp3) is 0.588. The molecule has 1 aromatic carbocycles. The third-order valence-corrected chi connectivity index (χ3v) is 3.66. The van der Waals surface area contributed by atoms with Crippen LogP contribution in [-0.4, -0.2) is 42.8 Å². The number of urea groups is 1. The van der Waals surface area contributed by atoms with E-state index in [1.165, 1.54) is 0 Å². The number of ether oxygens (including phenoxy) is 1. The molecule has 2 atom stereocenters. The third kappa shape index (κ3) is 5.22. The Hall–Kier alpha value is -1.75. The second-order valence-electron chi connectivity index (χ2n) is 6.06. The molecule has 1 rings (SSSR count). The summed E-state index contributed by atoms with van der Waals surface area (Å²) in [6.07, 6.45) is 0.923. The van der Waals surface area contributed by atoms with Crippen molar-refractivity contribution in [1.29, 1.82) is 0 Å². The molecule has 0 aliphatic heterocycles. The number of nitrogens with one attached hydrogen (secondary N) is 1. The van der Waals surface area contributed by atoms with E-state index in [0.29, 0.717) is 5.92 Å². The molecule has 124 valence electrons. The SMILES string of the molecule is COc1ccc(C(CO)N(C)C(=O)NC(C)CC(C)C)cc1. The molecule has 0 radical (unpaired) electrons. The largest absolute Gasteiger partial charge is 0.497 e. The summed E-state index contributed by atoms with van der Waals surface area (Å²) in [5, 5.41) is 12.6. The lowest BCUT2D eigenvalue weighted by Gasteiger charge is -2.29. The lowest BCUT2D eigenvalue weighted by Crippen LogP contribution is -2.44. The lowest BCUT2D eigenvalue weighted by atomic mass is 10.0. The Morgan fingerprint density at radius 3 is 2.32 bits per heavy atom. The minimum Gasteiger partial charge on any atom is -0.497 e. The van der Waals surface area contributed by atoms with E-state index in [4.69, 9.17) is 4.74 Å². The van der Waals surface area contributed by atoms with Gasteiger partial charge in [-0.2, -0.15) is 0 Å². The minimum absolute atomic E-state index is 0.102. The van der Waals surface area contributed by atoms with E-state index in [2.05, 4.69) is 19.2 Å². The van der Waals surface area contributed by atoms with Crippen molar-refractivity contribution in [2.45, 2.75) is 39.3 Å². The minimum atomic E-state index is -0.378. The average Bonchev–Trinajstić information content (AvgIpc) is 2.47. The zero-order valence-electron chi connectivity index (χ0n) is 14.2. The summed E-state index contributed by atoms with van der Waals surface area (Å²) in [4.78, 5) is 13.9. The van der Waals surface area contributed by atoms with Gasteiger partial charge in [-0.25, -0.2) is 4.79 Å². The van der Waals surface area contributed by atoms with E-state index in [0.717, 1.165) is 17.7 Å². The van der Waals surface area contributed by atoms with Crippen molar-refractivity contribution in [3.05, 3.63) is 29.8 Å². The predicted octanol–water partition coefficient (Wildman–Crippen LogP) is 2.80. The molecular weight excluding hydrogens is 280 g/mol. The van der Waals surface area contributed by atoms with Crippen LogP contribution >= 0.6 is 0 Å². The number of carbonyl (C=O) groups excluding carboxylic acids is 1. The van der Waals surface area contributed by atoms with Gasteiger partial charge in [-0.15, -0.1) is 0 Å². The van der Waals surface area contributed by atoms with Crippen LogP contribution in [0.2, 0.25) is 0 Å². The number of hydrogen-bond donors (Lipinski definition) is 2. The van der Waals surface area contributed by atoms with Crippen molar-refractivity contribution < 1.29 is 14.6 Å². The van der Waals surface area contributed by atoms with Crippen LogP contribution in [0.1, 0.15) is 38.8 Å². The van der Waals surface area contributed by atoms with E-state index in [1.54, 1.807) is 19.1 Å². The standard InChI is InChI=1S/C17H28N2O3/c1-12(2)10-13(3)18-17(21)19(4)16(11-20)14-6-8-15(22-5)9-7-14/h6-9,12-13,16,20H,10-11H2,1-5H3,(H,18,21). The van der Waals surface area contributed by atoms with E-state index < -0.39 is 0 Å². The third-order valence-electron chi connectivity index (χ3n) is 3.66. The maximum absolute atomic E-state index is 12.3. The maximum Gasteiger partial charge on any atom is 0.317 e. The summed E-state index contributed by atoms with van der Waals surface area (Å²) < 4.78 is 5.12. The number of nitrogens with zero attached hydrogens (tertiary/aromatic N) is 1. The molecule has 0 saturated carbocycles. The van der Waals surface area contributed by atoms with Crippen LogP contribution in [0.15, 0.2) is 24.3 Å². The number of aliphatic hydroxyl groups is 1. The van der Waals surface area contributed by atoms with Gasteiger partial charge in [0.05, 0.1) is 19.8 Å². The number of aliphatic hydroxyl groups excluding tert-OH is 1. The highest BCUT2D eigenvalue weighted by Crippen LogP contribution is 2.22. The van der Waals surface area contributed by atoms with Crippen molar-refractivity contribution in [3.63, 3.8) is 0 Å². The van der Waals surface area contributed by atoms with Gasteiger partial charge in [0.25, 0.3) is 0 Å². The number of benzene rings is 1. The summed E-state index contributed by atoms with van der Waals surface area (Å²) in [5.74, 6) is 1.27. The quantitative estimate of drug-likeness (QED) is 0.814. The molecule has 0 aliphatic rings. The first-order valence-corrected chi connectivity index (χ1v) is 7.67. The fourth-order valence-corrected chi connectivity index (χ4v) is 2.50. The molecule has 22 heavy (non-hydrogen) atoms. The first kappa shape index (κ1) is 18.3. The van der Waals surface area contributed by atoms with Crippen molar-refractivity contribution in [1.82, 2.24) is 10.2 Å². The summed E-state index contributed by atoms with van der Waals surface area (Å²) >= 11 is 0. The number of carbonyl (C=O) groups is 1. The molecule has 0 fully saturated rings. The normalized spacial score (nSPS) is 13.6. The summed E-state index contributed by atoms with van der Waals surface area (Å²) in [7, 11) is 3.30. The number of hydrogen-bond acceptors (Lipinski definition) is 3. The van der Waals surface area contributed by atoms with Crippen molar-refractivity contribution in [3.8, 4) is 5.75 Å². The molecule has 0 aliphatic carbocycles. The highest BCUT2D eigenvalue weighted by atomic mass is 16.5. The Bertz CT molecular complexity index is 459. The molecule has 2 N–H and O–H groups in total. The van der Waals surface area contributed by atoms with Crippen LogP contribution < -0.4 is 10.1 Å². The zero-order chi connectivity index (χ0) is 16.7. The molecule has 5 heteroatoms. The fourth-order valence-electron chi connectivity index (χ4n) is 2.50. The van der Waals surface area contributed by atoms with Gasteiger partial charge in [0, 0.05) is 13.1 Å². The van der Waals surface area contributed by atoms with Gasteiger partial charge in [0.1, 0.15) is 5.75 Å². The highest BCUT2D eigenvalue weighted by Gasteiger charge is 2.22. The summed E-state index contributed by atoms with van der Waals surface area (Å²) in [6, 6.07) is 6.92. The van der Waals surface area contributed by atoms with Crippen molar-refractivity contribution in [2.75, 3.05) is 20.8 Å². The van der Waals surface area contributed by atoms with Gasteiger partial charge in [0.2, 0.25) is 0 Å².